The fourth-order valence-electron chi connectivity index (χ4n) is 2.52. The second-order valence-corrected chi connectivity index (χ2v) is 5.79. The summed E-state index contributed by atoms with van der Waals surface area (Å²) in [6.45, 7) is 6.46. The van der Waals surface area contributed by atoms with Crippen LogP contribution in [-0.4, -0.2) is 19.3 Å². The quantitative estimate of drug-likeness (QED) is 0.770. The average molecular weight is 352 g/mol. The van der Waals surface area contributed by atoms with Crippen molar-refractivity contribution >= 4 is 33.0 Å². The van der Waals surface area contributed by atoms with Crippen molar-refractivity contribution in [2.24, 2.45) is 0 Å². The Kier molecular flexibility index (Phi) is 3.24. The Morgan fingerprint density at radius 1 is 1.33 bits per heavy atom. The van der Waals surface area contributed by atoms with Gasteiger partial charge in [0.05, 0.1) is 15.9 Å². The molecule has 0 saturated carbocycles. The number of imidazole rings is 1. The van der Waals surface area contributed by atoms with Crippen LogP contribution in [0.3, 0.4) is 0 Å². The van der Waals surface area contributed by atoms with E-state index in [1.807, 2.05) is 30.0 Å². The maximum absolute atomic E-state index is 13.6. The van der Waals surface area contributed by atoms with Crippen LogP contribution in [0, 0.1) is 19.7 Å². The standard InChI is InChI=1S/C14H15BrFN5/c1-4-20-13-12(8(3)19-20)18-14(17)21(13)11-6-9(15)10(16)5-7(11)2/h5-6H,4H2,1-3H3,(H2,17,18). The average Bonchev–Trinajstić information content (AvgIpc) is 2.91. The van der Waals surface area contributed by atoms with Gasteiger partial charge >= 0.3 is 0 Å². The zero-order valence-electron chi connectivity index (χ0n) is 12.0. The van der Waals surface area contributed by atoms with Crippen LogP contribution in [0.5, 0.6) is 0 Å². The Hall–Kier alpha value is -1.89. The van der Waals surface area contributed by atoms with E-state index in [1.54, 1.807) is 6.07 Å². The zero-order valence-corrected chi connectivity index (χ0v) is 13.6. The molecule has 0 bridgehead atoms. The Balaban J connectivity index is 2.40. The van der Waals surface area contributed by atoms with Gasteiger partial charge in [-0.1, -0.05) is 0 Å². The molecule has 7 heteroatoms. The number of hydrogen-bond donors (Lipinski definition) is 1. The first kappa shape index (κ1) is 14.1. The summed E-state index contributed by atoms with van der Waals surface area (Å²) in [5.41, 5.74) is 10.1. The van der Waals surface area contributed by atoms with Gasteiger partial charge in [-0.05, 0) is 54.4 Å². The summed E-state index contributed by atoms with van der Waals surface area (Å²) in [7, 11) is 0. The molecule has 5 nitrogen and oxygen atoms in total. The number of nitrogens with zero attached hydrogens (tertiary/aromatic N) is 4. The molecule has 0 spiro atoms. The first-order chi connectivity index (χ1) is 9.93. The summed E-state index contributed by atoms with van der Waals surface area (Å²) in [5, 5.41) is 4.46. The highest BCUT2D eigenvalue weighted by atomic mass is 79.9. The third-order valence-electron chi connectivity index (χ3n) is 3.52. The van der Waals surface area contributed by atoms with Crippen LogP contribution < -0.4 is 5.73 Å². The monoisotopic (exact) mass is 351 g/mol. The summed E-state index contributed by atoms with van der Waals surface area (Å²) in [5.74, 6) is 0.0701. The molecule has 0 fully saturated rings. The number of hydrogen-bond acceptors (Lipinski definition) is 3. The van der Waals surface area contributed by atoms with Crippen molar-refractivity contribution in [3.63, 3.8) is 0 Å². The Morgan fingerprint density at radius 3 is 2.71 bits per heavy atom. The minimum atomic E-state index is -0.300. The molecule has 0 radical (unpaired) electrons. The molecule has 2 heterocycles. The zero-order chi connectivity index (χ0) is 15.3. The molecule has 0 atom stereocenters. The van der Waals surface area contributed by atoms with E-state index in [1.165, 1.54) is 6.07 Å². The molecule has 0 saturated heterocycles. The lowest BCUT2D eigenvalue weighted by Gasteiger charge is -2.12. The van der Waals surface area contributed by atoms with E-state index in [-0.39, 0.29) is 5.82 Å². The first-order valence-corrected chi connectivity index (χ1v) is 7.40. The van der Waals surface area contributed by atoms with Crippen molar-refractivity contribution in [2.45, 2.75) is 27.3 Å². The first-order valence-electron chi connectivity index (χ1n) is 6.61. The second kappa shape index (κ2) is 4.84. The van der Waals surface area contributed by atoms with Crippen molar-refractivity contribution in [2.75, 3.05) is 5.73 Å². The van der Waals surface area contributed by atoms with Crippen LogP contribution in [0.25, 0.3) is 16.9 Å². The van der Waals surface area contributed by atoms with Crippen LogP contribution in [0.15, 0.2) is 16.6 Å². The second-order valence-electron chi connectivity index (χ2n) is 4.93. The predicted octanol–water partition coefficient (Wildman–Crippen LogP) is 3.34. The topological polar surface area (TPSA) is 61.7 Å². The van der Waals surface area contributed by atoms with E-state index in [0.29, 0.717) is 17.0 Å². The highest BCUT2D eigenvalue weighted by molar-refractivity contribution is 9.10. The van der Waals surface area contributed by atoms with Gasteiger partial charge in [0.2, 0.25) is 5.95 Å². The van der Waals surface area contributed by atoms with Gasteiger partial charge in [0.25, 0.3) is 0 Å². The van der Waals surface area contributed by atoms with Crippen LogP contribution in [-0.2, 0) is 6.54 Å². The molecule has 3 aromatic rings. The Morgan fingerprint density at radius 2 is 2.05 bits per heavy atom. The van der Waals surface area contributed by atoms with Crippen molar-refractivity contribution < 1.29 is 4.39 Å². The molecule has 110 valence electrons. The fourth-order valence-corrected chi connectivity index (χ4v) is 2.85. The largest absolute Gasteiger partial charge is 0.369 e. The van der Waals surface area contributed by atoms with Gasteiger partial charge < -0.3 is 5.73 Å². The molecular weight excluding hydrogens is 337 g/mol. The Bertz CT molecular complexity index is 849. The molecule has 2 N–H and O–H groups in total. The number of rotatable bonds is 2. The Labute approximate surface area is 129 Å². The molecule has 0 amide bonds. The molecule has 21 heavy (non-hydrogen) atoms. The molecular formula is C14H15BrFN5. The number of aryl methyl sites for hydroxylation is 3. The third kappa shape index (κ3) is 2.03. The summed E-state index contributed by atoms with van der Waals surface area (Å²) in [6, 6.07) is 3.19. The predicted molar refractivity (Wildman–Crippen MR) is 84.1 cm³/mol. The van der Waals surface area contributed by atoms with Crippen molar-refractivity contribution in [3.05, 3.63) is 33.7 Å². The molecule has 0 unspecified atom stereocenters. The number of benzene rings is 1. The van der Waals surface area contributed by atoms with Crippen molar-refractivity contribution in [1.29, 1.82) is 0 Å². The summed E-state index contributed by atoms with van der Waals surface area (Å²) in [6.07, 6.45) is 0. The van der Waals surface area contributed by atoms with Gasteiger partial charge in [0.1, 0.15) is 11.3 Å². The van der Waals surface area contributed by atoms with Gasteiger partial charge in [-0.3, -0.25) is 4.57 Å². The van der Waals surface area contributed by atoms with Gasteiger partial charge in [-0.2, -0.15) is 5.10 Å². The van der Waals surface area contributed by atoms with Gasteiger partial charge in [0, 0.05) is 6.54 Å². The number of fused-ring (bicyclic) bond motifs is 1. The van der Waals surface area contributed by atoms with Gasteiger partial charge in [0.15, 0.2) is 5.65 Å². The summed E-state index contributed by atoms with van der Waals surface area (Å²) >= 11 is 3.22. The highest BCUT2D eigenvalue weighted by Gasteiger charge is 2.19. The number of aromatic nitrogens is 4. The maximum atomic E-state index is 13.6. The number of halogens is 2. The lowest BCUT2D eigenvalue weighted by Crippen LogP contribution is -2.08. The van der Waals surface area contributed by atoms with E-state index in [0.717, 1.165) is 28.1 Å². The van der Waals surface area contributed by atoms with E-state index in [2.05, 4.69) is 26.0 Å². The maximum Gasteiger partial charge on any atom is 0.207 e. The van der Waals surface area contributed by atoms with E-state index < -0.39 is 0 Å². The lowest BCUT2D eigenvalue weighted by atomic mass is 10.2. The third-order valence-corrected chi connectivity index (χ3v) is 4.12. The van der Waals surface area contributed by atoms with E-state index >= 15 is 0 Å². The number of nitrogens with two attached hydrogens (primary N) is 1. The summed E-state index contributed by atoms with van der Waals surface area (Å²) < 4.78 is 17.7. The van der Waals surface area contributed by atoms with Crippen LogP contribution >= 0.6 is 15.9 Å². The lowest BCUT2D eigenvalue weighted by molar-refractivity contribution is 0.619. The molecule has 0 aliphatic heterocycles. The van der Waals surface area contributed by atoms with E-state index in [4.69, 9.17) is 5.73 Å². The van der Waals surface area contributed by atoms with Crippen LogP contribution in [0.1, 0.15) is 18.2 Å². The van der Waals surface area contributed by atoms with Crippen molar-refractivity contribution in [3.8, 4) is 5.69 Å². The van der Waals surface area contributed by atoms with Crippen molar-refractivity contribution in [1.82, 2.24) is 19.3 Å². The van der Waals surface area contributed by atoms with Crippen LogP contribution in [0.4, 0.5) is 10.3 Å². The van der Waals surface area contributed by atoms with Crippen LogP contribution in [0.2, 0.25) is 0 Å². The van der Waals surface area contributed by atoms with Gasteiger partial charge in [-0.25, -0.2) is 14.1 Å². The molecule has 3 rings (SSSR count). The smallest absolute Gasteiger partial charge is 0.207 e. The number of anilines is 1. The SMILES string of the molecule is CCn1nc(C)c2nc(N)n(-c3cc(Br)c(F)cc3C)c21. The van der Waals surface area contributed by atoms with E-state index in [9.17, 15) is 4.39 Å². The fraction of sp³-hybridized carbons (Fsp3) is 0.286. The summed E-state index contributed by atoms with van der Waals surface area (Å²) in [4.78, 5) is 4.40. The molecule has 1 aromatic carbocycles. The number of nitrogen functional groups attached to an aromatic ring is 1. The minimum absolute atomic E-state index is 0.300. The normalized spacial score (nSPS) is 11.5. The molecule has 2 aromatic heterocycles. The van der Waals surface area contributed by atoms with Gasteiger partial charge in [-0.15, -0.1) is 0 Å². The highest BCUT2D eigenvalue weighted by Crippen LogP contribution is 2.30. The minimum Gasteiger partial charge on any atom is -0.369 e. The molecule has 0 aliphatic carbocycles. The molecule has 0 aliphatic rings.